The van der Waals surface area contributed by atoms with Gasteiger partial charge in [-0.1, -0.05) is 17.7 Å². The third-order valence-electron chi connectivity index (χ3n) is 2.33. The van der Waals surface area contributed by atoms with E-state index in [1.54, 1.807) is 19.2 Å². The average molecular weight is 256 g/mol. The highest BCUT2D eigenvalue weighted by molar-refractivity contribution is 6.29. The molecular weight excluding hydrogens is 242 g/mol. The van der Waals surface area contributed by atoms with Crippen LogP contribution in [0.2, 0.25) is 5.15 Å². The first-order chi connectivity index (χ1) is 8.02. The number of aromatic nitrogens is 1. The normalized spacial score (nSPS) is 11.4. The van der Waals surface area contributed by atoms with E-state index in [1.807, 2.05) is 17.9 Å². The Hall–Kier alpha value is -1.62. The predicted molar refractivity (Wildman–Crippen MR) is 66.1 cm³/mol. The Balaban J connectivity index is 2.76. The summed E-state index contributed by atoms with van der Waals surface area (Å²) < 4.78 is 0. The molecule has 17 heavy (non-hydrogen) atoms. The van der Waals surface area contributed by atoms with Gasteiger partial charge >= 0.3 is 0 Å². The Kier molecular flexibility index (Phi) is 4.90. The van der Waals surface area contributed by atoms with Crippen LogP contribution in [0.1, 0.15) is 19.4 Å². The fraction of sp³-hybridized carbons (Fsp3) is 0.364. The van der Waals surface area contributed by atoms with Gasteiger partial charge < -0.3 is 4.90 Å². The molecule has 1 rings (SSSR count). The maximum absolute atomic E-state index is 10.4. The number of hydrogen-bond donors (Lipinski definition) is 0. The first-order valence-corrected chi connectivity index (χ1v) is 5.58. The average Bonchev–Trinajstić information content (AvgIpc) is 2.27. The zero-order chi connectivity index (χ0) is 12.8. The quantitative estimate of drug-likeness (QED) is 0.461. The summed E-state index contributed by atoms with van der Waals surface area (Å²) in [6, 6.07) is 3.56. The molecule has 0 aliphatic heterocycles. The molecule has 0 unspecified atom stereocenters. The highest BCUT2D eigenvalue weighted by Crippen LogP contribution is 2.11. The van der Waals surface area contributed by atoms with Crippen molar-refractivity contribution in [3.8, 4) is 0 Å². The Labute approximate surface area is 105 Å². The first-order valence-electron chi connectivity index (χ1n) is 5.20. The second-order valence-corrected chi connectivity index (χ2v) is 3.95. The third-order valence-corrected chi connectivity index (χ3v) is 2.56. The molecule has 1 aromatic rings. The van der Waals surface area contributed by atoms with Crippen molar-refractivity contribution in [1.82, 2.24) is 9.88 Å². The summed E-state index contributed by atoms with van der Waals surface area (Å²) in [4.78, 5) is 15.8. The summed E-state index contributed by atoms with van der Waals surface area (Å²) in [5.41, 5.74) is 1.58. The van der Waals surface area contributed by atoms with Gasteiger partial charge in [0, 0.05) is 19.3 Å². The van der Waals surface area contributed by atoms with Crippen LogP contribution in [0.5, 0.6) is 0 Å². The molecule has 0 atom stereocenters. The van der Waals surface area contributed by atoms with Gasteiger partial charge in [-0.25, -0.2) is 4.98 Å². The van der Waals surface area contributed by atoms with E-state index in [1.165, 1.54) is 0 Å². The van der Waals surface area contributed by atoms with Gasteiger partial charge in [0.1, 0.15) is 5.15 Å². The predicted octanol–water partition coefficient (Wildman–Crippen LogP) is 2.69. The van der Waals surface area contributed by atoms with Crippen LogP contribution in [-0.4, -0.2) is 21.4 Å². The molecule has 92 valence electrons. The first kappa shape index (κ1) is 13.4. The lowest BCUT2D eigenvalue weighted by Crippen LogP contribution is -2.21. The lowest BCUT2D eigenvalue weighted by atomic mass is 10.2. The molecule has 0 aromatic carbocycles. The molecule has 0 radical (unpaired) electrons. The summed E-state index contributed by atoms with van der Waals surface area (Å²) in [7, 11) is 0. The van der Waals surface area contributed by atoms with Crippen LogP contribution in [0, 0.1) is 10.1 Å². The minimum absolute atomic E-state index is 0.439. The number of allylic oxidation sites excluding steroid dienone is 1. The van der Waals surface area contributed by atoms with Gasteiger partial charge in [-0.2, -0.15) is 0 Å². The van der Waals surface area contributed by atoms with Crippen LogP contribution in [0.3, 0.4) is 0 Å². The molecule has 1 aromatic heterocycles. The molecule has 0 N–H and O–H groups in total. The Bertz CT molecular complexity index is 417. The van der Waals surface area contributed by atoms with E-state index in [2.05, 4.69) is 4.98 Å². The Morgan fingerprint density at radius 3 is 2.82 bits per heavy atom. The third kappa shape index (κ3) is 4.40. The van der Waals surface area contributed by atoms with Crippen molar-refractivity contribution in [2.75, 3.05) is 6.54 Å². The van der Waals surface area contributed by atoms with Gasteiger partial charge in [-0.15, -0.1) is 0 Å². The summed E-state index contributed by atoms with van der Waals surface area (Å²) in [6.45, 7) is 4.94. The smallest absolute Gasteiger partial charge is 0.253 e. The van der Waals surface area contributed by atoms with Crippen molar-refractivity contribution in [2.45, 2.75) is 20.4 Å². The fourth-order valence-electron chi connectivity index (χ4n) is 1.44. The van der Waals surface area contributed by atoms with Gasteiger partial charge in [-0.3, -0.25) is 10.1 Å². The van der Waals surface area contributed by atoms with Crippen molar-refractivity contribution >= 4 is 11.6 Å². The second-order valence-electron chi connectivity index (χ2n) is 3.56. The van der Waals surface area contributed by atoms with Crippen LogP contribution < -0.4 is 0 Å². The fourth-order valence-corrected chi connectivity index (χ4v) is 1.55. The van der Waals surface area contributed by atoms with Crippen molar-refractivity contribution in [3.05, 3.63) is 51.1 Å². The number of halogens is 1. The topological polar surface area (TPSA) is 59.3 Å². The van der Waals surface area contributed by atoms with Gasteiger partial charge in [-0.05, 0) is 25.5 Å². The lowest BCUT2D eigenvalue weighted by molar-refractivity contribution is -0.404. The zero-order valence-electron chi connectivity index (χ0n) is 9.76. The molecule has 5 nitrogen and oxygen atoms in total. The van der Waals surface area contributed by atoms with Crippen molar-refractivity contribution in [3.63, 3.8) is 0 Å². The van der Waals surface area contributed by atoms with Gasteiger partial charge in [0.2, 0.25) is 0 Å². The van der Waals surface area contributed by atoms with Gasteiger partial charge in [0.15, 0.2) is 0 Å². The van der Waals surface area contributed by atoms with Crippen LogP contribution in [0.15, 0.2) is 30.2 Å². The van der Waals surface area contributed by atoms with Gasteiger partial charge in [0.25, 0.3) is 6.20 Å². The molecule has 0 bridgehead atoms. The minimum atomic E-state index is -0.446. The number of rotatable bonds is 5. The number of nitrogens with zero attached hydrogens (tertiary/aromatic N) is 3. The Morgan fingerprint density at radius 2 is 2.35 bits per heavy atom. The minimum Gasteiger partial charge on any atom is -0.366 e. The monoisotopic (exact) mass is 255 g/mol. The Morgan fingerprint density at radius 1 is 1.65 bits per heavy atom. The van der Waals surface area contributed by atoms with Crippen LogP contribution >= 0.6 is 11.6 Å². The highest BCUT2D eigenvalue weighted by atomic mass is 35.5. The SMILES string of the molecule is CCN(Cc1ccc(Cl)nc1)/C(C)=C/[N+](=O)[O-]. The van der Waals surface area contributed by atoms with Gasteiger partial charge in [0.05, 0.1) is 10.6 Å². The molecule has 0 saturated heterocycles. The molecule has 6 heteroatoms. The van der Waals surface area contributed by atoms with E-state index < -0.39 is 4.92 Å². The summed E-state index contributed by atoms with van der Waals surface area (Å²) in [5.74, 6) is 0. The van der Waals surface area contributed by atoms with Crippen molar-refractivity contribution < 1.29 is 4.92 Å². The standard InChI is InChI=1S/C11H14ClN3O2/c1-3-14(9(2)7-15(16)17)8-10-4-5-11(12)13-6-10/h4-7H,3,8H2,1-2H3/b9-7+. The molecule has 0 fully saturated rings. The highest BCUT2D eigenvalue weighted by Gasteiger charge is 2.07. The van der Waals surface area contributed by atoms with E-state index in [0.29, 0.717) is 23.9 Å². The van der Waals surface area contributed by atoms with E-state index in [-0.39, 0.29) is 0 Å². The van der Waals surface area contributed by atoms with E-state index >= 15 is 0 Å². The maximum Gasteiger partial charge on any atom is 0.253 e. The molecule has 0 aliphatic carbocycles. The maximum atomic E-state index is 10.4. The van der Waals surface area contributed by atoms with Crippen LogP contribution in [0.4, 0.5) is 0 Å². The number of nitro groups is 1. The molecule has 1 heterocycles. The molecule has 0 spiro atoms. The van der Waals surface area contributed by atoms with Crippen LogP contribution in [-0.2, 0) is 6.54 Å². The van der Waals surface area contributed by atoms with Crippen molar-refractivity contribution in [1.29, 1.82) is 0 Å². The number of pyridine rings is 1. The number of hydrogen-bond acceptors (Lipinski definition) is 4. The summed E-state index contributed by atoms with van der Waals surface area (Å²) in [6.07, 6.45) is 2.68. The second kappa shape index (κ2) is 6.20. The lowest BCUT2D eigenvalue weighted by Gasteiger charge is -2.21. The largest absolute Gasteiger partial charge is 0.366 e. The van der Waals surface area contributed by atoms with E-state index in [9.17, 15) is 10.1 Å². The van der Waals surface area contributed by atoms with E-state index in [0.717, 1.165) is 11.8 Å². The molecule has 0 amide bonds. The van der Waals surface area contributed by atoms with E-state index in [4.69, 9.17) is 11.6 Å². The summed E-state index contributed by atoms with van der Waals surface area (Å²) in [5, 5.41) is 10.8. The molecule has 0 saturated carbocycles. The molecule has 0 aliphatic rings. The van der Waals surface area contributed by atoms with Crippen molar-refractivity contribution in [2.24, 2.45) is 0 Å². The molecular formula is C11H14ClN3O2. The summed E-state index contributed by atoms with van der Waals surface area (Å²) >= 11 is 5.69. The zero-order valence-corrected chi connectivity index (χ0v) is 10.5. The van der Waals surface area contributed by atoms with Crippen LogP contribution in [0.25, 0.3) is 0 Å².